The summed E-state index contributed by atoms with van der Waals surface area (Å²) in [6.07, 6.45) is 1.39. The van der Waals surface area contributed by atoms with E-state index >= 15 is 0 Å². The van der Waals surface area contributed by atoms with Crippen LogP contribution in [-0.4, -0.2) is 24.5 Å². The highest BCUT2D eigenvalue weighted by Crippen LogP contribution is 2.26. The first-order chi connectivity index (χ1) is 12.8. The Labute approximate surface area is 159 Å². The molecule has 1 aromatic carbocycles. The number of unbranched alkanes of at least 4 members (excludes halogenated alkanes) is 1. The van der Waals surface area contributed by atoms with Gasteiger partial charge in [0.1, 0.15) is 23.0 Å². The molecule has 5 nitrogen and oxygen atoms in total. The monoisotopic (exact) mass is 392 g/mol. The summed E-state index contributed by atoms with van der Waals surface area (Å²) in [6, 6.07) is 3.13. The maximum atomic E-state index is 13.7. The van der Waals surface area contributed by atoms with Crippen LogP contribution < -0.4 is 5.73 Å². The Morgan fingerprint density at radius 3 is 2.59 bits per heavy atom. The van der Waals surface area contributed by atoms with Gasteiger partial charge in [-0.15, -0.1) is 0 Å². The third-order valence-electron chi connectivity index (χ3n) is 4.69. The van der Waals surface area contributed by atoms with Gasteiger partial charge in [-0.05, 0) is 51.3 Å². The van der Waals surface area contributed by atoms with Gasteiger partial charge < -0.3 is 10.3 Å². The van der Waals surface area contributed by atoms with E-state index in [9.17, 15) is 13.0 Å². The molecule has 0 spiro atoms. The molecule has 2 aromatic heterocycles. The number of halogens is 2. The lowest BCUT2D eigenvalue weighted by Crippen LogP contribution is -2.06. The number of anilines is 1. The second-order valence-corrected chi connectivity index (χ2v) is 8.09. The molecule has 144 valence electrons. The molecular formula is C19H22F2N4OS. The van der Waals surface area contributed by atoms with Gasteiger partial charge in [0.25, 0.3) is 0 Å². The number of hydrogen-bond acceptors (Lipinski definition) is 4. The molecule has 0 fully saturated rings. The van der Waals surface area contributed by atoms with Crippen LogP contribution in [-0.2, 0) is 17.3 Å². The summed E-state index contributed by atoms with van der Waals surface area (Å²) < 4.78 is 41.0. The van der Waals surface area contributed by atoms with Crippen molar-refractivity contribution in [3.8, 4) is 0 Å². The average Bonchev–Trinajstić information content (AvgIpc) is 2.93. The Morgan fingerprint density at radius 2 is 1.89 bits per heavy atom. The summed E-state index contributed by atoms with van der Waals surface area (Å²) in [5, 5.41) is 0. The van der Waals surface area contributed by atoms with Crippen molar-refractivity contribution in [3.05, 3.63) is 46.9 Å². The number of nitrogen functional groups attached to an aromatic ring is 1. The van der Waals surface area contributed by atoms with Crippen molar-refractivity contribution in [1.82, 2.24) is 14.5 Å². The number of aromatic nitrogens is 3. The highest BCUT2D eigenvalue weighted by Gasteiger charge is 2.16. The van der Waals surface area contributed by atoms with Crippen molar-refractivity contribution in [2.75, 3.05) is 11.5 Å². The summed E-state index contributed by atoms with van der Waals surface area (Å²) in [6.45, 7) is 6.52. The van der Waals surface area contributed by atoms with E-state index in [1.807, 2.05) is 20.8 Å². The minimum atomic E-state index is -1.49. The minimum absolute atomic E-state index is 0.0472. The van der Waals surface area contributed by atoms with Gasteiger partial charge in [0, 0.05) is 24.1 Å². The van der Waals surface area contributed by atoms with Gasteiger partial charge in [-0.3, -0.25) is 4.21 Å². The number of nitrogens with two attached hydrogens (primary N) is 1. The second-order valence-electron chi connectivity index (χ2n) is 6.55. The van der Waals surface area contributed by atoms with Crippen LogP contribution in [0.25, 0.3) is 11.0 Å². The first-order valence-corrected chi connectivity index (χ1v) is 10.0. The number of fused-ring (bicyclic) bond motifs is 1. The average molecular weight is 392 g/mol. The first kappa shape index (κ1) is 19.4. The normalized spacial score (nSPS) is 12.6. The Morgan fingerprint density at radius 1 is 1.15 bits per heavy atom. The van der Waals surface area contributed by atoms with Gasteiger partial charge in [0.2, 0.25) is 0 Å². The van der Waals surface area contributed by atoms with Crippen molar-refractivity contribution in [2.45, 2.75) is 45.1 Å². The van der Waals surface area contributed by atoms with Crippen LogP contribution in [0.15, 0.2) is 23.1 Å². The number of benzene rings is 1. The lowest BCUT2D eigenvalue weighted by Gasteiger charge is -2.10. The van der Waals surface area contributed by atoms with Crippen LogP contribution in [0.1, 0.15) is 29.9 Å². The van der Waals surface area contributed by atoms with E-state index in [-0.39, 0.29) is 4.90 Å². The van der Waals surface area contributed by atoms with Gasteiger partial charge in [0.15, 0.2) is 5.82 Å². The van der Waals surface area contributed by atoms with Crippen molar-refractivity contribution >= 4 is 27.7 Å². The van der Waals surface area contributed by atoms with Crippen molar-refractivity contribution in [1.29, 1.82) is 0 Å². The fourth-order valence-corrected chi connectivity index (χ4v) is 4.34. The number of rotatable bonds is 6. The second kappa shape index (κ2) is 7.72. The Kier molecular flexibility index (Phi) is 5.55. The summed E-state index contributed by atoms with van der Waals surface area (Å²) in [5.41, 5.74) is 9.59. The van der Waals surface area contributed by atoms with Crippen LogP contribution in [0.4, 0.5) is 14.6 Å². The molecule has 27 heavy (non-hydrogen) atoms. The molecule has 2 heterocycles. The lowest BCUT2D eigenvalue weighted by atomic mass is 10.2. The van der Waals surface area contributed by atoms with Crippen molar-refractivity contribution in [2.24, 2.45) is 0 Å². The van der Waals surface area contributed by atoms with Gasteiger partial charge in [-0.1, -0.05) is 0 Å². The zero-order valence-corrected chi connectivity index (χ0v) is 16.4. The van der Waals surface area contributed by atoms with Crippen molar-refractivity contribution in [3.63, 3.8) is 0 Å². The van der Waals surface area contributed by atoms with Crippen LogP contribution in [0, 0.1) is 32.4 Å². The van der Waals surface area contributed by atoms with E-state index in [4.69, 9.17) is 5.73 Å². The molecule has 1 unspecified atom stereocenters. The number of imidazole rings is 1. The molecule has 0 bridgehead atoms. The molecular weight excluding hydrogens is 370 g/mol. The zero-order valence-electron chi connectivity index (χ0n) is 15.6. The summed E-state index contributed by atoms with van der Waals surface area (Å²) in [7, 11) is -1.49. The van der Waals surface area contributed by atoms with Gasteiger partial charge >= 0.3 is 0 Å². The fourth-order valence-electron chi connectivity index (χ4n) is 3.16. The molecule has 0 saturated heterocycles. The molecule has 0 radical (unpaired) electrons. The predicted octanol–water partition coefficient (Wildman–Crippen LogP) is 3.80. The van der Waals surface area contributed by atoms with Crippen LogP contribution in [0.2, 0.25) is 0 Å². The topological polar surface area (TPSA) is 73.8 Å². The quantitative estimate of drug-likeness (QED) is 0.648. The van der Waals surface area contributed by atoms with Gasteiger partial charge in [-0.2, -0.15) is 0 Å². The number of hydrogen-bond donors (Lipinski definition) is 1. The van der Waals surface area contributed by atoms with E-state index in [1.54, 1.807) is 0 Å². The van der Waals surface area contributed by atoms with E-state index in [0.717, 1.165) is 41.2 Å². The van der Waals surface area contributed by atoms with Crippen LogP contribution in [0.3, 0.4) is 0 Å². The van der Waals surface area contributed by atoms with Crippen molar-refractivity contribution < 1.29 is 13.0 Å². The summed E-state index contributed by atoms with van der Waals surface area (Å²) in [5.74, 6) is 0.144. The zero-order chi connectivity index (χ0) is 19.7. The maximum Gasteiger partial charge on any atom is 0.151 e. The molecule has 0 aliphatic carbocycles. The smallest absolute Gasteiger partial charge is 0.151 e. The summed E-state index contributed by atoms with van der Waals surface area (Å²) >= 11 is 0. The molecule has 0 saturated carbocycles. The minimum Gasteiger partial charge on any atom is -0.382 e. The number of aryl methyl sites for hydroxylation is 4. The van der Waals surface area contributed by atoms with E-state index in [1.165, 1.54) is 6.07 Å². The van der Waals surface area contributed by atoms with Gasteiger partial charge in [0.05, 0.1) is 21.2 Å². The van der Waals surface area contributed by atoms with Crippen LogP contribution in [0.5, 0.6) is 0 Å². The fraction of sp³-hybridized carbons (Fsp3) is 0.368. The van der Waals surface area contributed by atoms with Gasteiger partial charge in [-0.25, -0.2) is 18.7 Å². The molecule has 0 aliphatic heterocycles. The highest BCUT2D eigenvalue weighted by molar-refractivity contribution is 7.85. The largest absolute Gasteiger partial charge is 0.382 e. The lowest BCUT2D eigenvalue weighted by molar-refractivity contribution is 0.561. The highest BCUT2D eigenvalue weighted by atomic mass is 32.2. The molecule has 2 N–H and O–H groups in total. The van der Waals surface area contributed by atoms with E-state index < -0.39 is 22.4 Å². The third-order valence-corrected chi connectivity index (χ3v) is 6.17. The Hall–Kier alpha value is -2.35. The Balaban J connectivity index is 1.69. The molecule has 0 aliphatic rings. The first-order valence-electron chi connectivity index (χ1n) is 8.72. The van der Waals surface area contributed by atoms with E-state index in [2.05, 4.69) is 14.5 Å². The predicted molar refractivity (Wildman–Crippen MR) is 103 cm³/mol. The maximum absolute atomic E-state index is 13.7. The standard InChI is InChI=1S/C19H22F2N4OS/c1-11-12(2)23-19(22)17-18(11)25(13(3)24-17)8-4-5-9-27(26)16-7-6-14(20)10-15(16)21/h6-7,10H,4-5,8-9H2,1-3H3,(H2,22,23). The summed E-state index contributed by atoms with van der Waals surface area (Å²) in [4.78, 5) is 8.90. The molecule has 3 aromatic rings. The van der Waals surface area contributed by atoms with Crippen LogP contribution >= 0.6 is 0 Å². The molecule has 8 heteroatoms. The molecule has 0 amide bonds. The number of nitrogens with zero attached hydrogens (tertiary/aromatic N) is 3. The third kappa shape index (κ3) is 3.85. The number of pyridine rings is 1. The Bertz CT molecular complexity index is 1030. The van der Waals surface area contributed by atoms with E-state index in [0.29, 0.717) is 30.1 Å². The molecule has 3 rings (SSSR count). The molecule has 1 atom stereocenters. The SMILES string of the molecule is Cc1nc(N)c2nc(C)n(CCCCS(=O)c3ccc(F)cc3F)c2c1C.